The molecule has 5 nitrogen and oxygen atoms in total. The number of aryl methyl sites for hydroxylation is 1. The second-order valence-corrected chi connectivity index (χ2v) is 7.76. The predicted molar refractivity (Wildman–Crippen MR) is 120 cm³/mol. The smallest absolute Gasteiger partial charge is 0.339 e. The molecule has 0 aliphatic rings. The van der Waals surface area contributed by atoms with Crippen LogP contribution in [0, 0.1) is 6.92 Å². The number of halogens is 1. The lowest BCUT2D eigenvalue weighted by Crippen LogP contribution is -2.36. The van der Waals surface area contributed by atoms with Crippen molar-refractivity contribution < 1.29 is 19.4 Å². The number of carbonyl (C=O) groups excluding carboxylic acids is 1. The van der Waals surface area contributed by atoms with E-state index in [1.807, 2.05) is 56.3 Å². The summed E-state index contributed by atoms with van der Waals surface area (Å²) < 4.78 is 5.67. The molecule has 160 valence electrons. The van der Waals surface area contributed by atoms with Gasteiger partial charge in [0.05, 0.1) is 6.04 Å². The lowest BCUT2D eigenvalue weighted by molar-refractivity contribution is -0.136. The minimum absolute atomic E-state index is 0.0266. The summed E-state index contributed by atoms with van der Waals surface area (Å²) in [5.41, 5.74) is 2.80. The number of nitrogens with zero attached hydrogens (tertiary/aromatic N) is 1. The first kappa shape index (κ1) is 22.4. The third-order valence-electron chi connectivity index (χ3n) is 5.05. The summed E-state index contributed by atoms with van der Waals surface area (Å²) in [5, 5.41) is 10.0. The summed E-state index contributed by atoms with van der Waals surface area (Å²) in [4.78, 5) is 26.4. The average molecular weight is 438 g/mol. The molecule has 0 unspecified atom stereocenters. The maximum absolute atomic E-state index is 13.2. The molecule has 1 N–H and O–H groups in total. The van der Waals surface area contributed by atoms with E-state index in [0.717, 1.165) is 16.7 Å². The second-order valence-electron chi connectivity index (χ2n) is 7.33. The average Bonchev–Trinajstić information content (AvgIpc) is 2.77. The second kappa shape index (κ2) is 10.1. The molecule has 6 heteroatoms. The Morgan fingerprint density at radius 2 is 1.71 bits per heavy atom. The molecule has 31 heavy (non-hydrogen) atoms. The van der Waals surface area contributed by atoms with E-state index in [9.17, 15) is 14.7 Å². The quantitative estimate of drug-likeness (QED) is 0.504. The topological polar surface area (TPSA) is 66.8 Å². The first-order valence-electron chi connectivity index (χ1n) is 9.90. The summed E-state index contributed by atoms with van der Waals surface area (Å²) in [7, 11) is 0. The van der Waals surface area contributed by atoms with Crippen LogP contribution in [0.2, 0.25) is 5.02 Å². The van der Waals surface area contributed by atoms with Crippen molar-refractivity contribution in [2.75, 3.05) is 6.61 Å². The molecule has 0 aromatic heterocycles. The van der Waals surface area contributed by atoms with Crippen LogP contribution in [0.4, 0.5) is 0 Å². The SMILES string of the molecule is Cc1ccc(C(=O)O)c(OCC(=O)N(Cc2ccc(Cl)cc2)[C@H](C)c2ccccc2)c1. The van der Waals surface area contributed by atoms with E-state index in [-0.39, 0.29) is 29.9 Å². The van der Waals surface area contributed by atoms with Gasteiger partial charge in [0.1, 0.15) is 11.3 Å². The standard InChI is InChI=1S/C25H24ClNO4/c1-17-8-13-22(25(29)30)23(14-17)31-16-24(28)27(15-19-9-11-21(26)12-10-19)18(2)20-6-4-3-5-7-20/h3-14,18H,15-16H2,1-2H3,(H,29,30)/t18-/m1/s1. The number of benzene rings is 3. The van der Waals surface area contributed by atoms with Gasteiger partial charge in [0.2, 0.25) is 0 Å². The largest absolute Gasteiger partial charge is 0.483 e. The van der Waals surface area contributed by atoms with Crippen LogP contribution in [0.5, 0.6) is 5.75 Å². The zero-order valence-corrected chi connectivity index (χ0v) is 18.2. The normalized spacial score (nSPS) is 11.6. The Kier molecular flexibility index (Phi) is 7.32. The Labute approximate surface area is 186 Å². The summed E-state index contributed by atoms with van der Waals surface area (Å²) in [6, 6.07) is 21.7. The Morgan fingerprint density at radius 1 is 1.03 bits per heavy atom. The van der Waals surface area contributed by atoms with Crippen LogP contribution >= 0.6 is 11.6 Å². The molecule has 3 aromatic carbocycles. The summed E-state index contributed by atoms with van der Waals surface area (Å²) >= 11 is 5.99. The number of ether oxygens (including phenoxy) is 1. The van der Waals surface area contributed by atoms with E-state index >= 15 is 0 Å². The van der Waals surface area contributed by atoms with Gasteiger partial charge in [-0.25, -0.2) is 4.79 Å². The fourth-order valence-electron chi connectivity index (χ4n) is 3.29. The number of rotatable bonds is 8. The number of hydrogen-bond acceptors (Lipinski definition) is 3. The minimum Gasteiger partial charge on any atom is -0.483 e. The van der Waals surface area contributed by atoms with Gasteiger partial charge in [-0.15, -0.1) is 0 Å². The van der Waals surface area contributed by atoms with Crippen molar-refractivity contribution in [3.8, 4) is 5.75 Å². The van der Waals surface area contributed by atoms with Crippen molar-refractivity contribution in [1.82, 2.24) is 4.90 Å². The third-order valence-corrected chi connectivity index (χ3v) is 5.31. The van der Waals surface area contributed by atoms with E-state index in [1.165, 1.54) is 6.07 Å². The number of amides is 1. The van der Waals surface area contributed by atoms with Gasteiger partial charge in [-0.05, 0) is 54.8 Å². The number of aromatic carboxylic acids is 1. The number of carboxylic acid groups (broad SMARTS) is 1. The molecule has 3 aromatic rings. The monoisotopic (exact) mass is 437 g/mol. The van der Waals surface area contributed by atoms with Gasteiger partial charge >= 0.3 is 5.97 Å². The Morgan fingerprint density at radius 3 is 2.35 bits per heavy atom. The van der Waals surface area contributed by atoms with Crippen LogP contribution in [0.1, 0.15) is 40.0 Å². The summed E-state index contributed by atoms with van der Waals surface area (Å²) in [5.74, 6) is -1.16. The zero-order valence-electron chi connectivity index (χ0n) is 17.4. The molecule has 3 rings (SSSR count). The molecule has 0 aliphatic carbocycles. The van der Waals surface area contributed by atoms with Gasteiger partial charge in [-0.3, -0.25) is 4.79 Å². The molecule has 0 bridgehead atoms. The number of carbonyl (C=O) groups is 2. The van der Waals surface area contributed by atoms with Crippen molar-refractivity contribution in [3.63, 3.8) is 0 Å². The molecule has 1 amide bonds. The zero-order chi connectivity index (χ0) is 22.4. The van der Waals surface area contributed by atoms with Crippen molar-refractivity contribution in [2.24, 2.45) is 0 Å². The molecule has 0 saturated carbocycles. The lowest BCUT2D eigenvalue weighted by Gasteiger charge is -2.30. The summed E-state index contributed by atoms with van der Waals surface area (Å²) in [6.45, 7) is 3.90. The third kappa shape index (κ3) is 5.86. The maximum Gasteiger partial charge on any atom is 0.339 e. The fourth-order valence-corrected chi connectivity index (χ4v) is 3.41. The first-order valence-corrected chi connectivity index (χ1v) is 10.3. The molecule has 0 spiro atoms. The van der Waals surface area contributed by atoms with Crippen LogP contribution < -0.4 is 4.74 Å². The maximum atomic E-state index is 13.2. The van der Waals surface area contributed by atoms with Gasteiger partial charge in [0.15, 0.2) is 6.61 Å². The Balaban J connectivity index is 1.83. The highest BCUT2D eigenvalue weighted by Gasteiger charge is 2.23. The van der Waals surface area contributed by atoms with Crippen molar-refractivity contribution in [3.05, 3.63) is 100 Å². The van der Waals surface area contributed by atoms with Gasteiger partial charge < -0.3 is 14.7 Å². The highest BCUT2D eigenvalue weighted by atomic mass is 35.5. The van der Waals surface area contributed by atoms with Crippen LogP contribution in [-0.4, -0.2) is 28.5 Å². The Hall–Kier alpha value is -3.31. The van der Waals surface area contributed by atoms with Crippen molar-refractivity contribution >= 4 is 23.5 Å². The Bertz CT molecular complexity index is 1050. The molecule has 0 aliphatic heterocycles. The van der Waals surface area contributed by atoms with E-state index in [0.29, 0.717) is 11.6 Å². The molecular weight excluding hydrogens is 414 g/mol. The van der Waals surface area contributed by atoms with Crippen LogP contribution in [0.3, 0.4) is 0 Å². The molecule has 0 radical (unpaired) electrons. The molecular formula is C25H24ClNO4. The van der Waals surface area contributed by atoms with Gasteiger partial charge in [-0.1, -0.05) is 60.1 Å². The van der Waals surface area contributed by atoms with Crippen molar-refractivity contribution in [1.29, 1.82) is 0 Å². The van der Waals surface area contributed by atoms with E-state index in [2.05, 4.69) is 0 Å². The first-order chi connectivity index (χ1) is 14.8. The fraction of sp³-hybridized carbons (Fsp3) is 0.200. The van der Waals surface area contributed by atoms with E-state index < -0.39 is 5.97 Å². The summed E-state index contributed by atoms with van der Waals surface area (Å²) in [6.07, 6.45) is 0. The molecule has 0 saturated heterocycles. The molecule has 0 heterocycles. The highest BCUT2D eigenvalue weighted by Crippen LogP contribution is 2.25. The molecule has 0 fully saturated rings. The van der Waals surface area contributed by atoms with Crippen molar-refractivity contribution in [2.45, 2.75) is 26.4 Å². The van der Waals surface area contributed by atoms with Gasteiger partial charge in [0.25, 0.3) is 5.91 Å². The highest BCUT2D eigenvalue weighted by molar-refractivity contribution is 6.30. The molecule has 1 atom stereocenters. The van der Waals surface area contributed by atoms with Crippen LogP contribution in [-0.2, 0) is 11.3 Å². The van der Waals surface area contributed by atoms with Crippen LogP contribution in [0.15, 0.2) is 72.8 Å². The van der Waals surface area contributed by atoms with Crippen LogP contribution in [0.25, 0.3) is 0 Å². The minimum atomic E-state index is -1.10. The number of hydrogen-bond donors (Lipinski definition) is 1. The number of carboxylic acids is 1. The lowest BCUT2D eigenvalue weighted by atomic mass is 10.1. The van der Waals surface area contributed by atoms with Gasteiger partial charge in [0, 0.05) is 11.6 Å². The van der Waals surface area contributed by atoms with E-state index in [1.54, 1.807) is 29.2 Å². The van der Waals surface area contributed by atoms with Gasteiger partial charge in [-0.2, -0.15) is 0 Å². The van der Waals surface area contributed by atoms with E-state index in [4.69, 9.17) is 16.3 Å². The predicted octanol–water partition coefficient (Wildman–Crippen LogP) is 5.52.